The quantitative estimate of drug-likeness (QED) is 0.301. The highest BCUT2D eigenvalue weighted by Gasteiger charge is 2.85. The predicted molar refractivity (Wildman–Crippen MR) is 168 cm³/mol. The lowest BCUT2D eigenvalue weighted by Gasteiger charge is -2.63. The van der Waals surface area contributed by atoms with Crippen molar-refractivity contribution in [2.24, 2.45) is 44.8 Å². The Bertz CT molecular complexity index is 1230. The van der Waals surface area contributed by atoms with E-state index in [-0.39, 0.29) is 51.7 Å². The van der Waals surface area contributed by atoms with Gasteiger partial charge >= 0.3 is 12.1 Å². The summed E-state index contributed by atoms with van der Waals surface area (Å²) in [5.74, 6) is 1.80. The summed E-state index contributed by atoms with van der Waals surface area (Å²) in [6.45, 7) is 16.2. The van der Waals surface area contributed by atoms with Crippen LogP contribution in [-0.2, 0) is 19.0 Å². The number of carbonyl (C=O) groups excluding carboxylic acids is 2. The maximum atomic E-state index is 12.8. The molecular weight excluding hydrogens is 570 g/mol. The van der Waals surface area contributed by atoms with E-state index in [1.807, 2.05) is 0 Å². The molecule has 7 fully saturated rings. The van der Waals surface area contributed by atoms with E-state index in [1.54, 1.807) is 19.8 Å². The molecular formula is C37H56NO7. The molecule has 6 saturated carbocycles. The fourth-order valence-electron chi connectivity index (χ4n) is 12.5. The van der Waals surface area contributed by atoms with Crippen molar-refractivity contribution in [3.8, 4) is 0 Å². The van der Waals surface area contributed by atoms with E-state index in [4.69, 9.17) is 14.2 Å². The Kier molecular flexibility index (Phi) is 7.20. The van der Waals surface area contributed by atoms with E-state index in [2.05, 4.69) is 39.9 Å². The van der Waals surface area contributed by atoms with Gasteiger partial charge in [0.05, 0.1) is 11.7 Å². The number of amides is 1. The Labute approximate surface area is 270 Å². The fourth-order valence-corrected chi connectivity index (χ4v) is 12.5. The number of aliphatic hydroxyl groups is 2. The van der Waals surface area contributed by atoms with Gasteiger partial charge in [-0.05, 0) is 118 Å². The van der Waals surface area contributed by atoms with Gasteiger partial charge in [0.2, 0.25) is 0 Å². The number of hydrogen-bond donors (Lipinski definition) is 3. The van der Waals surface area contributed by atoms with Crippen LogP contribution in [0.5, 0.6) is 0 Å². The number of rotatable bonds is 5. The first-order valence-corrected chi connectivity index (χ1v) is 17.7. The van der Waals surface area contributed by atoms with Crippen molar-refractivity contribution in [3.05, 3.63) is 18.1 Å². The molecule has 251 valence electrons. The van der Waals surface area contributed by atoms with E-state index >= 15 is 0 Å². The van der Waals surface area contributed by atoms with Crippen LogP contribution < -0.4 is 5.32 Å². The maximum Gasteiger partial charge on any atom is 0.407 e. The first-order valence-electron chi connectivity index (χ1n) is 17.7. The molecule has 7 aliphatic rings. The van der Waals surface area contributed by atoms with Gasteiger partial charge in [0.25, 0.3) is 0 Å². The van der Waals surface area contributed by atoms with Crippen molar-refractivity contribution in [1.82, 2.24) is 5.32 Å². The molecule has 3 radical (unpaired) electrons. The van der Waals surface area contributed by atoms with Crippen LogP contribution in [0, 0.1) is 63.0 Å². The lowest BCUT2D eigenvalue weighted by Crippen LogP contribution is -2.59. The Balaban J connectivity index is 1.14. The zero-order chi connectivity index (χ0) is 32.5. The smallest absolute Gasteiger partial charge is 0.407 e. The van der Waals surface area contributed by atoms with E-state index in [9.17, 15) is 19.8 Å². The number of fused-ring (bicyclic) bond motifs is 4. The molecule has 8 nitrogen and oxygen atoms in total. The number of alkyl carbamates (subject to hydrolysis) is 1. The van der Waals surface area contributed by atoms with Crippen LogP contribution in [0.25, 0.3) is 0 Å². The summed E-state index contributed by atoms with van der Waals surface area (Å²) in [5.41, 5.74) is -1.72. The van der Waals surface area contributed by atoms with Gasteiger partial charge in [-0.3, -0.25) is 4.79 Å². The number of carbonyl (C=O) groups is 2. The zero-order valence-electron chi connectivity index (χ0n) is 28.8. The van der Waals surface area contributed by atoms with Crippen molar-refractivity contribution < 1.29 is 34.0 Å². The second-order valence-corrected chi connectivity index (χ2v) is 17.8. The van der Waals surface area contributed by atoms with Crippen LogP contribution >= 0.6 is 0 Å². The summed E-state index contributed by atoms with van der Waals surface area (Å²) in [6, 6.07) is 0.272. The van der Waals surface area contributed by atoms with E-state index in [0.29, 0.717) is 24.5 Å². The standard InChI is InChI=1S/C37H56NO7/c1-20-18-23(30(33(5,6)42)43-21(2)39)44-28-27(20)34(7)16-17-37-19-36(37)15-14-26(45-31(41)38-22-10-9-11-22)32(3,4)24(36)12-13-25(37)35(34,8)29(28)40/h20,22,24,26-27,29-30,40,42H,9-19H2,1-8H3,(H,38,41)/t20-,24+,26+,27+,29+,30+,34-,35-,36-,37+/m1/s1. The van der Waals surface area contributed by atoms with Crippen molar-refractivity contribution in [2.75, 3.05) is 0 Å². The summed E-state index contributed by atoms with van der Waals surface area (Å²) in [5, 5.41) is 26.5. The molecule has 0 aromatic heterocycles. The minimum absolute atomic E-state index is 0.0769. The van der Waals surface area contributed by atoms with Gasteiger partial charge in [-0.1, -0.05) is 34.6 Å². The number of ether oxygens (including phenoxy) is 3. The lowest BCUT2D eigenvalue weighted by atomic mass is 9.41. The van der Waals surface area contributed by atoms with Crippen molar-refractivity contribution >= 4 is 12.1 Å². The highest BCUT2D eigenvalue weighted by molar-refractivity contribution is 5.68. The Morgan fingerprint density at radius 1 is 1.07 bits per heavy atom. The molecule has 8 heteroatoms. The van der Waals surface area contributed by atoms with E-state index in [0.717, 1.165) is 51.4 Å². The molecule has 1 saturated heterocycles. The third-order valence-corrected chi connectivity index (χ3v) is 14.9. The minimum Gasteiger partial charge on any atom is -0.456 e. The minimum atomic E-state index is -1.32. The Morgan fingerprint density at radius 3 is 2.40 bits per heavy atom. The molecule has 0 bridgehead atoms. The molecule has 10 atom stereocenters. The molecule has 6 aliphatic carbocycles. The SMILES string of the molecule is CC(=O)O[C@@H]([C]1C[C@@H](C)[C@H]2[C](O1)[C@H](O)[C@@]1(C)[C]3CC[C@H]4C(C)(C)[C@@H](OC(=O)NC5CCC5)CC[C@@]45C[C@@]35CC[C@]21C)C(C)(C)O. The number of aliphatic hydroxyl groups excluding tert-OH is 1. The highest BCUT2D eigenvalue weighted by Crippen LogP contribution is 2.90. The average Bonchev–Trinajstić information content (AvgIpc) is 3.55. The topological polar surface area (TPSA) is 114 Å². The number of esters is 1. The summed E-state index contributed by atoms with van der Waals surface area (Å²) in [6.07, 6.45) is 10.4. The van der Waals surface area contributed by atoms with Crippen molar-refractivity contribution in [3.63, 3.8) is 0 Å². The molecule has 2 spiro atoms. The van der Waals surface area contributed by atoms with Crippen molar-refractivity contribution in [2.45, 2.75) is 156 Å². The Hall–Kier alpha value is -1.38. The first kappa shape index (κ1) is 32.2. The van der Waals surface area contributed by atoms with Crippen LogP contribution in [0.15, 0.2) is 0 Å². The van der Waals surface area contributed by atoms with Gasteiger partial charge in [0.15, 0.2) is 6.10 Å². The van der Waals surface area contributed by atoms with Crippen LogP contribution in [-0.4, -0.2) is 52.2 Å². The van der Waals surface area contributed by atoms with Gasteiger partial charge in [-0.2, -0.15) is 0 Å². The molecule has 1 amide bonds. The third-order valence-electron chi connectivity index (χ3n) is 14.9. The van der Waals surface area contributed by atoms with Gasteiger partial charge < -0.3 is 29.7 Å². The number of hydrogen-bond acceptors (Lipinski definition) is 7. The van der Waals surface area contributed by atoms with Crippen LogP contribution in [0.4, 0.5) is 4.79 Å². The third kappa shape index (κ3) is 4.25. The predicted octanol–water partition coefficient (Wildman–Crippen LogP) is 6.43. The van der Waals surface area contributed by atoms with Gasteiger partial charge in [-0.15, -0.1) is 0 Å². The van der Waals surface area contributed by atoms with Crippen LogP contribution in [0.1, 0.15) is 126 Å². The summed E-state index contributed by atoms with van der Waals surface area (Å²) in [4.78, 5) is 24.8. The van der Waals surface area contributed by atoms with Crippen molar-refractivity contribution in [1.29, 1.82) is 0 Å². The molecule has 0 unspecified atom stereocenters. The molecule has 0 aromatic carbocycles. The molecule has 3 N–H and O–H groups in total. The zero-order valence-corrected chi connectivity index (χ0v) is 28.8. The monoisotopic (exact) mass is 626 g/mol. The lowest BCUT2D eigenvalue weighted by molar-refractivity contribution is -0.171. The Morgan fingerprint density at radius 2 is 1.78 bits per heavy atom. The molecule has 1 heterocycles. The number of nitrogens with one attached hydrogen (secondary N) is 1. The molecule has 45 heavy (non-hydrogen) atoms. The molecule has 0 aromatic rings. The first-order chi connectivity index (χ1) is 20.9. The normalized spacial score (nSPS) is 46.8. The van der Waals surface area contributed by atoms with Gasteiger partial charge in [0, 0.05) is 29.7 Å². The average molecular weight is 627 g/mol. The highest BCUT2D eigenvalue weighted by atomic mass is 16.6. The summed E-state index contributed by atoms with van der Waals surface area (Å²) >= 11 is 0. The van der Waals surface area contributed by atoms with Gasteiger partial charge in [0.1, 0.15) is 18.3 Å². The second-order valence-electron chi connectivity index (χ2n) is 17.8. The maximum absolute atomic E-state index is 12.8. The summed E-state index contributed by atoms with van der Waals surface area (Å²) < 4.78 is 18.4. The van der Waals surface area contributed by atoms with Gasteiger partial charge in [-0.25, -0.2) is 4.79 Å². The van der Waals surface area contributed by atoms with Crippen LogP contribution in [0.3, 0.4) is 0 Å². The molecule has 1 aliphatic heterocycles. The van der Waals surface area contributed by atoms with E-state index < -0.39 is 29.2 Å². The summed E-state index contributed by atoms with van der Waals surface area (Å²) in [7, 11) is 0. The molecule has 7 rings (SSSR count). The van der Waals surface area contributed by atoms with Crippen LogP contribution in [0.2, 0.25) is 0 Å². The second kappa shape index (κ2) is 10.1. The largest absolute Gasteiger partial charge is 0.456 e. The fraction of sp³-hybridized carbons (Fsp3) is 0.865. The van der Waals surface area contributed by atoms with E-state index in [1.165, 1.54) is 19.8 Å².